The first kappa shape index (κ1) is 16.5. The summed E-state index contributed by atoms with van der Waals surface area (Å²) in [5.41, 5.74) is 2.84. The largest absolute Gasteiger partial charge is 0.361 e. The Morgan fingerprint density at radius 2 is 2.00 bits per heavy atom. The fourth-order valence-corrected chi connectivity index (χ4v) is 2.68. The first-order chi connectivity index (χ1) is 10.6. The zero-order valence-electron chi connectivity index (χ0n) is 13.3. The van der Waals surface area contributed by atoms with E-state index in [1.54, 1.807) is 11.3 Å². The van der Waals surface area contributed by atoms with Gasteiger partial charge in [0, 0.05) is 29.6 Å². The standard InChI is InChI=1S/C17H23N3OS/c1-4-16(21)19-14-7-5-13(6-8-14)15-11-22-17(20-15)18-10-9-12(2)3/h5-8,11-12H,4,9-10H2,1-3H3,(H,18,20)(H,19,21). The first-order valence-corrected chi connectivity index (χ1v) is 8.56. The highest BCUT2D eigenvalue weighted by Crippen LogP contribution is 2.26. The van der Waals surface area contributed by atoms with Crippen molar-refractivity contribution in [3.8, 4) is 11.3 Å². The summed E-state index contributed by atoms with van der Waals surface area (Å²) in [7, 11) is 0. The third kappa shape index (κ3) is 4.84. The lowest BCUT2D eigenvalue weighted by Crippen LogP contribution is -2.09. The van der Waals surface area contributed by atoms with Gasteiger partial charge in [-0.1, -0.05) is 32.9 Å². The average Bonchev–Trinajstić information content (AvgIpc) is 2.96. The summed E-state index contributed by atoms with van der Waals surface area (Å²) in [5.74, 6) is 0.718. The molecule has 2 N–H and O–H groups in total. The highest BCUT2D eigenvalue weighted by molar-refractivity contribution is 7.14. The highest BCUT2D eigenvalue weighted by Gasteiger charge is 2.05. The lowest BCUT2D eigenvalue weighted by molar-refractivity contribution is -0.115. The van der Waals surface area contributed by atoms with E-state index in [4.69, 9.17) is 0 Å². The maximum Gasteiger partial charge on any atom is 0.224 e. The van der Waals surface area contributed by atoms with Gasteiger partial charge >= 0.3 is 0 Å². The fourth-order valence-electron chi connectivity index (χ4n) is 1.93. The van der Waals surface area contributed by atoms with Gasteiger partial charge in [0.1, 0.15) is 0 Å². The zero-order valence-corrected chi connectivity index (χ0v) is 14.2. The Labute approximate surface area is 136 Å². The van der Waals surface area contributed by atoms with E-state index >= 15 is 0 Å². The number of carbonyl (C=O) groups excluding carboxylic acids is 1. The molecule has 1 amide bonds. The first-order valence-electron chi connectivity index (χ1n) is 7.68. The van der Waals surface area contributed by atoms with Crippen molar-refractivity contribution in [1.29, 1.82) is 0 Å². The number of anilines is 2. The van der Waals surface area contributed by atoms with Crippen LogP contribution in [-0.2, 0) is 4.79 Å². The van der Waals surface area contributed by atoms with Gasteiger partial charge in [-0.15, -0.1) is 11.3 Å². The molecule has 0 bridgehead atoms. The predicted molar refractivity (Wildman–Crippen MR) is 94.4 cm³/mol. The smallest absolute Gasteiger partial charge is 0.224 e. The van der Waals surface area contributed by atoms with Crippen LogP contribution in [0.2, 0.25) is 0 Å². The molecular formula is C17H23N3OS. The number of benzene rings is 1. The Hall–Kier alpha value is -1.88. The van der Waals surface area contributed by atoms with Crippen LogP contribution in [-0.4, -0.2) is 17.4 Å². The molecule has 118 valence electrons. The van der Waals surface area contributed by atoms with Gasteiger partial charge in [0.05, 0.1) is 5.69 Å². The molecule has 0 aliphatic carbocycles. The van der Waals surface area contributed by atoms with Crippen molar-refractivity contribution in [2.45, 2.75) is 33.6 Å². The number of rotatable bonds is 7. The van der Waals surface area contributed by atoms with Crippen molar-refractivity contribution in [3.05, 3.63) is 29.6 Å². The van der Waals surface area contributed by atoms with Gasteiger partial charge in [0.15, 0.2) is 5.13 Å². The molecule has 5 heteroatoms. The average molecular weight is 317 g/mol. The Balaban J connectivity index is 1.97. The number of hydrogen-bond acceptors (Lipinski definition) is 4. The zero-order chi connectivity index (χ0) is 15.9. The summed E-state index contributed by atoms with van der Waals surface area (Å²) in [6.45, 7) is 7.22. The van der Waals surface area contributed by atoms with Gasteiger partial charge in [-0.25, -0.2) is 4.98 Å². The number of nitrogens with zero attached hydrogens (tertiary/aromatic N) is 1. The Kier molecular flexibility index (Phi) is 5.95. The van der Waals surface area contributed by atoms with Crippen LogP contribution >= 0.6 is 11.3 Å². The Morgan fingerprint density at radius 1 is 1.27 bits per heavy atom. The molecule has 2 rings (SSSR count). The molecule has 0 unspecified atom stereocenters. The van der Waals surface area contributed by atoms with Crippen LogP contribution in [0, 0.1) is 5.92 Å². The van der Waals surface area contributed by atoms with Gasteiger partial charge in [-0.3, -0.25) is 4.79 Å². The molecular weight excluding hydrogens is 294 g/mol. The second-order valence-corrected chi connectivity index (χ2v) is 6.48. The molecule has 0 aliphatic heterocycles. The SMILES string of the molecule is CCC(=O)Nc1ccc(-c2csc(NCCC(C)C)n2)cc1. The molecule has 0 spiro atoms. The molecule has 0 aliphatic rings. The quantitative estimate of drug-likeness (QED) is 0.783. The number of nitrogens with one attached hydrogen (secondary N) is 2. The summed E-state index contributed by atoms with van der Waals surface area (Å²) in [5, 5.41) is 9.22. The van der Waals surface area contributed by atoms with Crippen molar-refractivity contribution >= 4 is 28.1 Å². The minimum Gasteiger partial charge on any atom is -0.361 e. The fraction of sp³-hybridized carbons (Fsp3) is 0.412. The lowest BCUT2D eigenvalue weighted by Gasteiger charge is -2.05. The number of carbonyl (C=O) groups is 1. The topological polar surface area (TPSA) is 54.0 Å². The van der Waals surface area contributed by atoms with E-state index in [9.17, 15) is 4.79 Å². The molecule has 4 nitrogen and oxygen atoms in total. The van der Waals surface area contributed by atoms with Crippen LogP contribution in [0.3, 0.4) is 0 Å². The van der Waals surface area contributed by atoms with Crippen molar-refractivity contribution < 1.29 is 4.79 Å². The van der Waals surface area contributed by atoms with Gasteiger partial charge in [-0.2, -0.15) is 0 Å². The summed E-state index contributed by atoms with van der Waals surface area (Å²) < 4.78 is 0. The summed E-state index contributed by atoms with van der Waals surface area (Å²) in [6, 6.07) is 7.79. The van der Waals surface area contributed by atoms with Gasteiger partial charge in [-0.05, 0) is 24.5 Å². The molecule has 0 radical (unpaired) electrons. The molecule has 0 saturated carbocycles. The minimum atomic E-state index is 0.0260. The van der Waals surface area contributed by atoms with Crippen LogP contribution in [0.25, 0.3) is 11.3 Å². The van der Waals surface area contributed by atoms with Gasteiger partial charge in [0.2, 0.25) is 5.91 Å². The van der Waals surface area contributed by atoms with Gasteiger partial charge in [0.25, 0.3) is 0 Å². The van der Waals surface area contributed by atoms with Crippen molar-refractivity contribution in [2.24, 2.45) is 5.92 Å². The number of amides is 1. The van der Waals surface area contributed by atoms with Crippen LogP contribution in [0.15, 0.2) is 29.6 Å². The lowest BCUT2D eigenvalue weighted by atomic mass is 10.1. The normalized spacial score (nSPS) is 10.7. The van der Waals surface area contributed by atoms with Crippen molar-refractivity contribution in [2.75, 3.05) is 17.2 Å². The minimum absolute atomic E-state index is 0.0260. The van der Waals surface area contributed by atoms with Gasteiger partial charge < -0.3 is 10.6 Å². The Morgan fingerprint density at radius 3 is 2.64 bits per heavy atom. The highest BCUT2D eigenvalue weighted by atomic mass is 32.1. The third-order valence-corrected chi connectivity index (χ3v) is 4.09. The molecule has 0 atom stereocenters. The van der Waals surface area contributed by atoms with Crippen molar-refractivity contribution in [1.82, 2.24) is 4.98 Å². The summed E-state index contributed by atoms with van der Waals surface area (Å²) in [4.78, 5) is 16.0. The second-order valence-electron chi connectivity index (χ2n) is 5.63. The van der Waals surface area contributed by atoms with E-state index in [1.165, 1.54) is 0 Å². The third-order valence-electron chi connectivity index (χ3n) is 3.29. The molecule has 1 heterocycles. The molecule has 0 fully saturated rings. The summed E-state index contributed by atoms with van der Waals surface area (Å²) in [6.07, 6.45) is 1.62. The number of thiazole rings is 1. The van der Waals surface area contributed by atoms with E-state index < -0.39 is 0 Å². The van der Waals surface area contributed by atoms with Crippen LogP contribution in [0.4, 0.5) is 10.8 Å². The number of aromatic nitrogens is 1. The maximum atomic E-state index is 11.4. The summed E-state index contributed by atoms with van der Waals surface area (Å²) >= 11 is 1.62. The molecule has 1 aromatic carbocycles. The molecule has 22 heavy (non-hydrogen) atoms. The van der Waals surface area contributed by atoms with E-state index in [0.29, 0.717) is 12.3 Å². The predicted octanol–water partition coefficient (Wildman–Crippen LogP) is 4.62. The molecule has 0 saturated heterocycles. The van der Waals surface area contributed by atoms with Crippen LogP contribution in [0.1, 0.15) is 33.6 Å². The molecule has 2 aromatic rings. The van der Waals surface area contributed by atoms with Crippen LogP contribution < -0.4 is 10.6 Å². The van der Waals surface area contributed by atoms with E-state index in [2.05, 4.69) is 34.8 Å². The van der Waals surface area contributed by atoms with E-state index in [-0.39, 0.29) is 5.91 Å². The van der Waals surface area contributed by atoms with E-state index in [1.807, 2.05) is 31.2 Å². The molecule has 1 aromatic heterocycles. The second kappa shape index (κ2) is 7.94. The van der Waals surface area contributed by atoms with Crippen LogP contribution in [0.5, 0.6) is 0 Å². The Bertz CT molecular complexity index is 605. The number of hydrogen-bond donors (Lipinski definition) is 2. The van der Waals surface area contributed by atoms with E-state index in [0.717, 1.165) is 35.0 Å². The van der Waals surface area contributed by atoms with Crippen molar-refractivity contribution in [3.63, 3.8) is 0 Å². The maximum absolute atomic E-state index is 11.4. The monoisotopic (exact) mass is 317 g/mol.